The van der Waals surface area contributed by atoms with E-state index >= 15 is 0 Å². The van der Waals surface area contributed by atoms with Crippen molar-refractivity contribution in [2.75, 3.05) is 52.7 Å². The van der Waals surface area contributed by atoms with E-state index in [1.54, 1.807) is 20.2 Å². The van der Waals surface area contributed by atoms with Crippen LogP contribution >= 0.6 is 0 Å². The largest absolute Gasteiger partial charge is 0.507 e. The number of phenols is 1. The molecule has 3 unspecified atom stereocenters. The zero-order valence-electron chi connectivity index (χ0n) is 27.8. The van der Waals surface area contributed by atoms with Crippen LogP contribution in [-0.2, 0) is 35.1 Å². The maximum Gasteiger partial charge on any atom is 0.308 e. The van der Waals surface area contributed by atoms with Gasteiger partial charge in [-0.15, -0.1) is 0 Å². The summed E-state index contributed by atoms with van der Waals surface area (Å²) in [6.45, 7) is 3.18. The Bertz CT molecular complexity index is 1720. The van der Waals surface area contributed by atoms with Crippen LogP contribution < -0.4 is 11.1 Å². The van der Waals surface area contributed by atoms with Gasteiger partial charge < -0.3 is 30.9 Å². The minimum atomic E-state index is -2.76. The zero-order chi connectivity index (χ0) is 35.4. The topological polar surface area (TPSA) is 197 Å². The number of Topliss-reactive ketones (excluding diaryl/α,β-unsaturated/α-hetero) is 4. The van der Waals surface area contributed by atoms with Crippen LogP contribution in [-0.4, -0.2) is 114 Å². The molecule has 2 saturated carbocycles. The van der Waals surface area contributed by atoms with Crippen LogP contribution in [0.5, 0.6) is 5.75 Å². The maximum atomic E-state index is 14.1. The van der Waals surface area contributed by atoms with Crippen LogP contribution in [0.25, 0.3) is 11.1 Å². The Hall–Kier alpha value is -4.46. The Morgan fingerprint density at radius 2 is 1.71 bits per heavy atom. The van der Waals surface area contributed by atoms with Crippen molar-refractivity contribution in [1.29, 1.82) is 0 Å². The molecule has 49 heavy (non-hydrogen) atoms. The molecule has 6 atom stereocenters. The van der Waals surface area contributed by atoms with Gasteiger partial charge in [0, 0.05) is 24.7 Å². The third-order valence-electron chi connectivity index (χ3n) is 11.0. The fourth-order valence-electron chi connectivity index (χ4n) is 8.56. The molecule has 1 amide bonds. The number of ketones is 4. The number of rotatable bonds is 8. The number of nitrogens with two attached hydrogens (primary N) is 1. The molecule has 2 aromatic carbocycles. The van der Waals surface area contributed by atoms with Crippen molar-refractivity contribution < 1.29 is 43.7 Å². The highest BCUT2D eigenvalue weighted by atomic mass is 16.5. The molecule has 3 fully saturated rings. The van der Waals surface area contributed by atoms with Crippen LogP contribution in [0.2, 0.25) is 0 Å². The average molecular weight is 675 g/mol. The predicted octanol–water partition coefficient (Wildman–Crippen LogP) is 0.831. The van der Waals surface area contributed by atoms with E-state index in [1.165, 1.54) is 18.1 Å². The molecule has 1 saturated heterocycles. The highest BCUT2D eigenvalue weighted by Gasteiger charge is 2.69. The van der Waals surface area contributed by atoms with Gasteiger partial charge in [-0.1, -0.05) is 18.2 Å². The van der Waals surface area contributed by atoms with Crippen molar-refractivity contribution in [2.45, 2.75) is 37.3 Å². The molecule has 13 nitrogen and oxygen atoms in total. The van der Waals surface area contributed by atoms with E-state index in [0.717, 1.165) is 43.7 Å². The van der Waals surface area contributed by atoms with Gasteiger partial charge in [-0.05, 0) is 93.7 Å². The molecular weight excluding hydrogens is 632 g/mol. The molecule has 13 heteroatoms. The van der Waals surface area contributed by atoms with E-state index in [9.17, 15) is 39.0 Å². The summed E-state index contributed by atoms with van der Waals surface area (Å²) in [4.78, 5) is 82.7. The number of benzene rings is 2. The van der Waals surface area contributed by atoms with Crippen molar-refractivity contribution in [1.82, 2.24) is 9.80 Å². The minimum absolute atomic E-state index is 0.0117. The van der Waals surface area contributed by atoms with E-state index in [1.807, 2.05) is 24.3 Å². The number of hydrogen-bond acceptors (Lipinski definition) is 12. The van der Waals surface area contributed by atoms with Gasteiger partial charge in [0.2, 0.25) is 5.91 Å². The first-order valence-electron chi connectivity index (χ1n) is 16.6. The highest BCUT2D eigenvalue weighted by Crippen LogP contribution is 2.51. The Kier molecular flexibility index (Phi) is 9.20. The number of nitrogens with one attached hydrogen (secondary N) is 1. The number of hydrogen-bond donors (Lipinski definition) is 4. The smallest absolute Gasteiger partial charge is 0.308 e. The number of esters is 1. The molecule has 0 radical (unpaired) electrons. The standard InChI is InChI=1S/C36H42N4O9/c1-39(2)29-24-17-20-16-23-22(18-4-6-21(7-5-18)38-12-15-40-13-10-19(11-14-40)35(47)49-3)8-9-25(41)27(23)30(42)26(20)32(44)36(24,48)33(45)28(31(29)43)34(37)46/h4-9,19-20,24,26,28-29,38,41,48H,10-17H2,1-3H3,(H2,37,46)/t20-,24-,26?,28?,29?,36-/m0/s1. The van der Waals surface area contributed by atoms with Gasteiger partial charge in [-0.3, -0.25) is 33.7 Å². The summed E-state index contributed by atoms with van der Waals surface area (Å²) in [5.74, 6) is -10.9. The van der Waals surface area contributed by atoms with Gasteiger partial charge in [-0.25, -0.2) is 0 Å². The highest BCUT2D eigenvalue weighted by molar-refractivity contribution is 6.32. The quantitative estimate of drug-likeness (QED) is 0.228. The number of likely N-dealkylation sites (N-methyl/N-ethyl adjacent to an activating group) is 1. The molecule has 260 valence electrons. The lowest BCUT2D eigenvalue weighted by molar-refractivity contribution is -0.181. The number of aliphatic hydroxyl groups is 1. The molecule has 6 rings (SSSR count). The second kappa shape index (κ2) is 13.1. The van der Waals surface area contributed by atoms with Gasteiger partial charge in [-0.2, -0.15) is 0 Å². The monoisotopic (exact) mass is 674 g/mol. The first kappa shape index (κ1) is 34.4. The lowest BCUT2D eigenvalue weighted by atomic mass is 9.52. The van der Waals surface area contributed by atoms with Gasteiger partial charge in [0.05, 0.1) is 30.6 Å². The molecule has 0 bridgehead atoms. The summed E-state index contributed by atoms with van der Waals surface area (Å²) in [5.41, 5.74) is 5.52. The maximum absolute atomic E-state index is 14.1. The molecule has 0 aromatic heterocycles. The van der Waals surface area contributed by atoms with E-state index in [0.29, 0.717) is 17.7 Å². The van der Waals surface area contributed by atoms with Crippen LogP contribution in [0.4, 0.5) is 5.69 Å². The van der Waals surface area contributed by atoms with Gasteiger partial charge >= 0.3 is 5.97 Å². The number of aromatic hydroxyl groups is 1. The Balaban J connectivity index is 1.22. The fourth-order valence-corrected chi connectivity index (χ4v) is 8.56. The molecule has 4 aliphatic rings. The van der Waals surface area contributed by atoms with Crippen LogP contribution in [0.3, 0.4) is 0 Å². The van der Waals surface area contributed by atoms with Gasteiger partial charge in [0.25, 0.3) is 0 Å². The Morgan fingerprint density at radius 1 is 1.04 bits per heavy atom. The van der Waals surface area contributed by atoms with Crippen molar-refractivity contribution in [3.05, 3.63) is 47.5 Å². The fraction of sp³-hybridized carbons (Fsp3) is 0.500. The van der Waals surface area contributed by atoms with Crippen molar-refractivity contribution in [3.63, 3.8) is 0 Å². The van der Waals surface area contributed by atoms with E-state index in [-0.39, 0.29) is 36.0 Å². The second-order valence-electron chi connectivity index (χ2n) is 13.9. The third-order valence-corrected chi connectivity index (χ3v) is 11.0. The number of piperidine rings is 1. The van der Waals surface area contributed by atoms with Crippen molar-refractivity contribution >= 4 is 40.7 Å². The lowest BCUT2D eigenvalue weighted by Crippen LogP contribution is -2.74. The summed E-state index contributed by atoms with van der Waals surface area (Å²) >= 11 is 0. The Morgan fingerprint density at radius 3 is 2.33 bits per heavy atom. The van der Waals surface area contributed by atoms with Crippen LogP contribution in [0.15, 0.2) is 36.4 Å². The van der Waals surface area contributed by atoms with Crippen LogP contribution in [0, 0.1) is 29.6 Å². The number of methoxy groups -OCH3 is 1. The summed E-state index contributed by atoms with van der Waals surface area (Å²) in [6, 6.07) is 9.61. The summed E-state index contributed by atoms with van der Waals surface area (Å²) in [6.07, 6.45) is 1.73. The number of primary amides is 1. The number of amides is 1. The SMILES string of the molecule is COC(=O)C1CCN(CCNc2ccc(-c3ccc(O)c4c3C[C@H]3C[C@H]5C(N(C)C)C(=O)C(C(N)=O)C(=O)[C@@]5(O)C(=O)C3C4=O)cc2)CC1. The normalized spacial score (nSPS) is 28.9. The van der Waals surface area contributed by atoms with E-state index < -0.39 is 64.4 Å². The molecule has 1 aliphatic heterocycles. The number of fused-ring (bicyclic) bond motifs is 3. The molecule has 3 aliphatic carbocycles. The van der Waals surface area contributed by atoms with Crippen LogP contribution in [0.1, 0.15) is 35.2 Å². The first-order valence-corrected chi connectivity index (χ1v) is 16.6. The predicted molar refractivity (Wildman–Crippen MR) is 176 cm³/mol. The summed E-state index contributed by atoms with van der Waals surface area (Å²) in [5, 5.41) is 26.1. The average Bonchev–Trinajstić information content (AvgIpc) is 3.06. The first-order chi connectivity index (χ1) is 23.3. The number of ether oxygens (including phenoxy) is 1. The third kappa shape index (κ3) is 5.73. The molecule has 2 aromatic rings. The summed E-state index contributed by atoms with van der Waals surface area (Å²) < 4.78 is 4.87. The minimum Gasteiger partial charge on any atom is -0.507 e. The van der Waals surface area contributed by atoms with Crippen molar-refractivity contribution in [3.8, 4) is 16.9 Å². The number of carbonyl (C=O) groups is 6. The summed E-state index contributed by atoms with van der Waals surface area (Å²) in [7, 11) is 4.53. The second-order valence-corrected chi connectivity index (χ2v) is 13.9. The van der Waals surface area contributed by atoms with E-state index in [2.05, 4.69) is 10.2 Å². The van der Waals surface area contributed by atoms with Gasteiger partial charge in [0.1, 0.15) is 5.75 Å². The van der Waals surface area contributed by atoms with Crippen molar-refractivity contribution in [2.24, 2.45) is 35.3 Å². The zero-order valence-corrected chi connectivity index (χ0v) is 27.8. The number of carbonyl (C=O) groups excluding carboxylic acids is 6. The molecule has 1 heterocycles. The number of likely N-dealkylation sites (tertiary alicyclic amines) is 1. The lowest BCUT2D eigenvalue weighted by Gasteiger charge is -2.52. The molecule has 5 N–H and O–H groups in total. The van der Waals surface area contributed by atoms with Gasteiger partial charge in [0.15, 0.2) is 34.7 Å². The number of anilines is 1. The van der Waals surface area contributed by atoms with E-state index in [4.69, 9.17) is 10.5 Å². The number of nitrogens with zero attached hydrogens (tertiary/aromatic N) is 2. The molecular formula is C36H42N4O9. The Labute approximate surface area is 283 Å². The molecule has 0 spiro atoms. The number of phenolic OH excluding ortho intramolecular Hbond substituents is 1.